The summed E-state index contributed by atoms with van der Waals surface area (Å²) in [5.41, 5.74) is 1.98. The first-order valence-corrected chi connectivity index (χ1v) is 7.04. The monoisotopic (exact) mass is 291 g/mol. The topological polar surface area (TPSA) is 31.4 Å². The molecule has 1 aromatic carbocycles. The molecule has 0 amide bonds. The van der Waals surface area contributed by atoms with E-state index in [-0.39, 0.29) is 0 Å². The van der Waals surface area contributed by atoms with Gasteiger partial charge in [-0.1, -0.05) is 19.9 Å². The summed E-state index contributed by atoms with van der Waals surface area (Å²) in [5, 5.41) is 0. The largest absolute Gasteiger partial charge is 0.497 e. The summed E-state index contributed by atoms with van der Waals surface area (Å²) in [4.78, 5) is 4.51. The van der Waals surface area contributed by atoms with Gasteiger partial charge in [-0.15, -0.1) is 11.6 Å². The number of aromatic nitrogens is 1. The van der Waals surface area contributed by atoms with Gasteiger partial charge in [-0.2, -0.15) is 0 Å². The van der Waals surface area contributed by atoms with Crippen LogP contribution >= 0.6 is 11.6 Å². The smallest absolute Gasteiger partial charge is 0.219 e. The molecular formula is C16H18ClNO2. The van der Waals surface area contributed by atoms with Crippen molar-refractivity contribution in [3.8, 4) is 17.4 Å². The quantitative estimate of drug-likeness (QED) is 0.745. The minimum absolute atomic E-state index is 0.325. The highest BCUT2D eigenvalue weighted by Crippen LogP contribution is 2.26. The van der Waals surface area contributed by atoms with E-state index in [0.717, 1.165) is 17.0 Å². The molecule has 2 aromatic rings. The molecule has 20 heavy (non-hydrogen) atoms. The second-order valence-corrected chi connectivity index (χ2v) is 5.08. The van der Waals surface area contributed by atoms with Crippen molar-refractivity contribution in [2.75, 3.05) is 7.11 Å². The zero-order chi connectivity index (χ0) is 14.5. The molecule has 0 N–H and O–H groups in total. The molecule has 106 valence electrons. The fraction of sp³-hybridized carbons (Fsp3) is 0.312. The number of nitrogens with zero attached hydrogens (tertiary/aromatic N) is 1. The Labute approximate surface area is 124 Å². The Bertz CT molecular complexity index is 584. The number of rotatable bonds is 5. The Balaban J connectivity index is 2.29. The number of halogens is 1. The highest BCUT2D eigenvalue weighted by atomic mass is 35.5. The van der Waals surface area contributed by atoms with Crippen molar-refractivity contribution < 1.29 is 9.47 Å². The number of hydrogen-bond acceptors (Lipinski definition) is 3. The average Bonchev–Trinajstić information content (AvgIpc) is 2.47. The Morgan fingerprint density at radius 2 is 1.90 bits per heavy atom. The number of pyridine rings is 1. The van der Waals surface area contributed by atoms with E-state index in [1.807, 2.05) is 36.4 Å². The van der Waals surface area contributed by atoms with Gasteiger partial charge in [-0.3, -0.25) is 0 Å². The molecule has 0 aliphatic rings. The first-order valence-electron chi connectivity index (χ1n) is 6.51. The zero-order valence-electron chi connectivity index (χ0n) is 11.9. The Hall–Kier alpha value is -1.74. The fourth-order valence-electron chi connectivity index (χ4n) is 1.79. The van der Waals surface area contributed by atoms with Gasteiger partial charge in [0.15, 0.2) is 0 Å². The van der Waals surface area contributed by atoms with Crippen LogP contribution in [0, 0.1) is 0 Å². The molecule has 0 atom stereocenters. The molecule has 1 heterocycles. The van der Waals surface area contributed by atoms with Crippen LogP contribution in [-0.4, -0.2) is 12.1 Å². The third-order valence-corrected chi connectivity index (χ3v) is 3.20. The van der Waals surface area contributed by atoms with Gasteiger partial charge in [0.1, 0.15) is 11.5 Å². The first kappa shape index (κ1) is 14.7. The molecular weight excluding hydrogens is 274 g/mol. The lowest BCUT2D eigenvalue weighted by Gasteiger charge is -2.11. The van der Waals surface area contributed by atoms with Crippen LogP contribution in [-0.2, 0) is 5.88 Å². The lowest BCUT2D eigenvalue weighted by Crippen LogP contribution is -1.98. The third-order valence-electron chi connectivity index (χ3n) is 2.89. The van der Waals surface area contributed by atoms with E-state index < -0.39 is 0 Å². The molecule has 0 aliphatic carbocycles. The van der Waals surface area contributed by atoms with Gasteiger partial charge in [0.2, 0.25) is 5.88 Å². The summed E-state index contributed by atoms with van der Waals surface area (Å²) in [7, 11) is 1.63. The minimum atomic E-state index is 0.325. The Morgan fingerprint density at radius 1 is 1.15 bits per heavy atom. The summed E-state index contributed by atoms with van der Waals surface area (Å²) in [6.45, 7) is 4.19. The maximum absolute atomic E-state index is 5.92. The SMILES string of the molecule is COc1cccc(Oc2cc(CCl)cc(C(C)C)n2)c1. The number of alkyl halides is 1. The number of methoxy groups -OCH3 is 1. The second kappa shape index (κ2) is 6.62. The van der Waals surface area contributed by atoms with E-state index in [2.05, 4.69) is 18.8 Å². The van der Waals surface area contributed by atoms with Gasteiger partial charge in [-0.05, 0) is 29.7 Å². The lowest BCUT2D eigenvalue weighted by molar-refractivity contribution is 0.407. The summed E-state index contributed by atoms with van der Waals surface area (Å²) < 4.78 is 11.0. The molecule has 1 aromatic heterocycles. The van der Waals surface area contributed by atoms with Crippen LogP contribution in [0.15, 0.2) is 36.4 Å². The molecule has 0 saturated heterocycles. The molecule has 2 rings (SSSR count). The molecule has 3 nitrogen and oxygen atoms in total. The van der Waals surface area contributed by atoms with Crippen molar-refractivity contribution >= 4 is 11.6 Å². The van der Waals surface area contributed by atoms with Crippen LogP contribution in [0.4, 0.5) is 0 Å². The van der Waals surface area contributed by atoms with Gasteiger partial charge in [0, 0.05) is 23.7 Å². The van der Waals surface area contributed by atoms with E-state index in [1.54, 1.807) is 7.11 Å². The van der Waals surface area contributed by atoms with Crippen molar-refractivity contribution in [3.63, 3.8) is 0 Å². The number of hydrogen-bond donors (Lipinski definition) is 0. The summed E-state index contributed by atoms with van der Waals surface area (Å²) in [6.07, 6.45) is 0. The fourth-order valence-corrected chi connectivity index (χ4v) is 1.95. The van der Waals surface area contributed by atoms with Crippen LogP contribution in [0.3, 0.4) is 0 Å². The van der Waals surface area contributed by atoms with Crippen molar-refractivity contribution in [2.45, 2.75) is 25.6 Å². The van der Waals surface area contributed by atoms with E-state index in [1.165, 1.54) is 0 Å². The van der Waals surface area contributed by atoms with Crippen LogP contribution in [0.25, 0.3) is 0 Å². The van der Waals surface area contributed by atoms with Crippen LogP contribution in [0.1, 0.15) is 31.0 Å². The van der Waals surface area contributed by atoms with Crippen LogP contribution in [0.5, 0.6) is 17.4 Å². The van der Waals surface area contributed by atoms with E-state index in [0.29, 0.717) is 23.4 Å². The average molecular weight is 292 g/mol. The first-order chi connectivity index (χ1) is 9.62. The highest BCUT2D eigenvalue weighted by molar-refractivity contribution is 6.17. The van der Waals surface area contributed by atoms with Crippen molar-refractivity contribution in [1.82, 2.24) is 4.98 Å². The molecule has 0 saturated carbocycles. The molecule has 0 spiro atoms. The van der Waals surface area contributed by atoms with E-state index in [4.69, 9.17) is 21.1 Å². The van der Waals surface area contributed by atoms with Crippen LogP contribution < -0.4 is 9.47 Å². The molecule has 0 aliphatic heterocycles. The van der Waals surface area contributed by atoms with Crippen LogP contribution in [0.2, 0.25) is 0 Å². The van der Waals surface area contributed by atoms with Crippen molar-refractivity contribution in [2.24, 2.45) is 0 Å². The van der Waals surface area contributed by atoms with E-state index >= 15 is 0 Å². The summed E-state index contributed by atoms with van der Waals surface area (Å²) >= 11 is 5.92. The summed E-state index contributed by atoms with van der Waals surface area (Å²) in [5.74, 6) is 2.76. The summed E-state index contributed by atoms with van der Waals surface area (Å²) in [6, 6.07) is 11.3. The number of benzene rings is 1. The van der Waals surface area contributed by atoms with Crippen molar-refractivity contribution in [1.29, 1.82) is 0 Å². The Kier molecular flexibility index (Phi) is 4.85. The lowest BCUT2D eigenvalue weighted by atomic mass is 10.1. The van der Waals surface area contributed by atoms with E-state index in [9.17, 15) is 0 Å². The van der Waals surface area contributed by atoms with Gasteiger partial charge in [-0.25, -0.2) is 4.98 Å². The maximum Gasteiger partial charge on any atom is 0.219 e. The highest BCUT2D eigenvalue weighted by Gasteiger charge is 2.08. The van der Waals surface area contributed by atoms with Gasteiger partial charge < -0.3 is 9.47 Å². The molecule has 0 unspecified atom stereocenters. The standard InChI is InChI=1S/C16H18ClNO2/c1-11(2)15-7-12(10-17)8-16(18-15)20-14-6-4-5-13(9-14)19-3/h4-9,11H,10H2,1-3H3. The number of ether oxygens (including phenoxy) is 2. The predicted molar refractivity (Wildman–Crippen MR) is 81.0 cm³/mol. The maximum atomic E-state index is 5.92. The third kappa shape index (κ3) is 3.64. The predicted octanol–water partition coefficient (Wildman–Crippen LogP) is 4.74. The zero-order valence-corrected chi connectivity index (χ0v) is 12.6. The molecule has 0 fully saturated rings. The molecule has 4 heteroatoms. The van der Waals surface area contributed by atoms with Gasteiger partial charge in [0.05, 0.1) is 7.11 Å². The minimum Gasteiger partial charge on any atom is -0.497 e. The normalized spacial score (nSPS) is 10.7. The molecule has 0 bridgehead atoms. The molecule has 0 radical (unpaired) electrons. The van der Waals surface area contributed by atoms with Crippen molar-refractivity contribution in [3.05, 3.63) is 47.7 Å². The van der Waals surface area contributed by atoms with Gasteiger partial charge >= 0.3 is 0 Å². The second-order valence-electron chi connectivity index (χ2n) is 4.81. The van der Waals surface area contributed by atoms with Gasteiger partial charge in [0.25, 0.3) is 0 Å². The Morgan fingerprint density at radius 3 is 2.55 bits per heavy atom.